The fraction of sp³-hybridized carbons (Fsp3) is 0.250. The Hall–Kier alpha value is -0.990. The molecule has 38 valence electrons. The summed E-state index contributed by atoms with van der Waals surface area (Å²) in [5, 5.41) is 8.51. The molecule has 1 aromatic heterocycles. The van der Waals surface area contributed by atoms with E-state index in [1.54, 1.807) is 13.0 Å². The second-order valence-electron chi connectivity index (χ2n) is 1.32. The van der Waals surface area contributed by atoms with Crippen molar-refractivity contribution in [3.05, 3.63) is 18.0 Å². The third-order valence-corrected chi connectivity index (χ3v) is 0.772. The van der Waals surface area contributed by atoms with E-state index in [4.69, 9.17) is 5.21 Å². The first kappa shape index (κ1) is 4.18. The lowest BCUT2D eigenvalue weighted by Crippen LogP contribution is -2.29. The topological polar surface area (TPSA) is 37.2 Å². The minimum Gasteiger partial charge on any atom is -0.244 e. The summed E-state index contributed by atoms with van der Waals surface area (Å²) in [7, 11) is 0. The summed E-state index contributed by atoms with van der Waals surface area (Å²) < 4.78 is 4.44. The van der Waals surface area contributed by atoms with Crippen LogP contribution in [0.3, 0.4) is 0 Å². The van der Waals surface area contributed by atoms with E-state index in [-0.39, 0.29) is 0 Å². The molecule has 7 heavy (non-hydrogen) atoms. The molecule has 1 rings (SSSR count). The van der Waals surface area contributed by atoms with Gasteiger partial charge in [-0.15, -0.1) is 0 Å². The van der Waals surface area contributed by atoms with E-state index in [0.717, 1.165) is 0 Å². The van der Waals surface area contributed by atoms with E-state index in [0.29, 0.717) is 10.6 Å². The van der Waals surface area contributed by atoms with E-state index < -0.39 is 0 Å². The van der Waals surface area contributed by atoms with Crippen molar-refractivity contribution < 1.29 is 14.6 Å². The van der Waals surface area contributed by atoms with Crippen molar-refractivity contribution >= 4 is 0 Å². The number of rotatable bonds is 0. The van der Waals surface area contributed by atoms with Gasteiger partial charge in [-0.1, -0.05) is 0 Å². The summed E-state index contributed by atoms with van der Waals surface area (Å²) >= 11 is 0. The quantitative estimate of drug-likeness (QED) is 0.470. The highest BCUT2D eigenvalue weighted by Gasteiger charge is 2.03. The van der Waals surface area contributed by atoms with Gasteiger partial charge in [-0.2, -0.15) is 4.52 Å². The number of nitrogens with zero attached hydrogens (tertiary/aromatic N) is 1. The van der Waals surface area contributed by atoms with E-state index in [1.165, 1.54) is 6.26 Å². The summed E-state index contributed by atoms with van der Waals surface area (Å²) in [6.07, 6.45) is 1.41. The third-order valence-electron chi connectivity index (χ3n) is 0.772. The van der Waals surface area contributed by atoms with Gasteiger partial charge in [-0.05, 0) is 0 Å². The Morgan fingerprint density at radius 3 is 2.71 bits per heavy atom. The van der Waals surface area contributed by atoms with Gasteiger partial charge >= 0.3 is 0 Å². The first-order valence-corrected chi connectivity index (χ1v) is 1.96. The zero-order chi connectivity index (χ0) is 5.28. The minimum atomic E-state index is 0.694. The van der Waals surface area contributed by atoms with Crippen LogP contribution in [-0.4, -0.2) is 5.21 Å². The van der Waals surface area contributed by atoms with Crippen molar-refractivity contribution in [3.8, 4) is 0 Å². The lowest BCUT2D eigenvalue weighted by Gasteiger charge is -1.66. The molecule has 3 heteroatoms. The zero-order valence-electron chi connectivity index (χ0n) is 3.96. The van der Waals surface area contributed by atoms with Gasteiger partial charge in [-0.25, -0.2) is 5.21 Å². The van der Waals surface area contributed by atoms with Crippen LogP contribution in [0.1, 0.15) is 5.69 Å². The monoisotopic (exact) mass is 100 g/mol. The Morgan fingerprint density at radius 2 is 2.57 bits per heavy atom. The van der Waals surface area contributed by atoms with Crippen LogP contribution < -0.4 is 4.90 Å². The lowest BCUT2D eigenvalue weighted by atomic mass is 10.5. The van der Waals surface area contributed by atoms with Gasteiger partial charge in [0.2, 0.25) is 4.90 Å². The van der Waals surface area contributed by atoms with Gasteiger partial charge in [-0.3, -0.25) is 0 Å². The highest BCUT2D eigenvalue weighted by molar-refractivity contribution is 4.82. The summed E-state index contributed by atoms with van der Waals surface area (Å²) in [5.74, 6) is 0. The van der Waals surface area contributed by atoms with Crippen molar-refractivity contribution in [2.24, 2.45) is 0 Å². The Kier molecular flexibility index (Phi) is 0.749. The van der Waals surface area contributed by atoms with Crippen molar-refractivity contribution in [2.75, 3.05) is 0 Å². The molecule has 0 aliphatic rings. The molecule has 0 aliphatic carbocycles. The highest BCUT2D eigenvalue weighted by Crippen LogP contribution is 1.83. The second kappa shape index (κ2) is 1.26. The largest absolute Gasteiger partial charge is 0.289 e. The van der Waals surface area contributed by atoms with E-state index in [1.807, 2.05) is 0 Å². The fourth-order valence-electron chi connectivity index (χ4n) is 0.333. The van der Waals surface area contributed by atoms with Gasteiger partial charge in [0.25, 0.3) is 5.69 Å². The summed E-state index contributed by atoms with van der Waals surface area (Å²) in [4.78, 5) is 0.708. The molecule has 0 radical (unpaired) electrons. The fourth-order valence-corrected chi connectivity index (χ4v) is 0.333. The maximum Gasteiger partial charge on any atom is 0.289 e. The molecular weight excluding hydrogens is 94.0 g/mol. The van der Waals surface area contributed by atoms with Crippen LogP contribution in [0.15, 0.2) is 16.9 Å². The molecule has 0 fully saturated rings. The van der Waals surface area contributed by atoms with Gasteiger partial charge in [0.05, 0.1) is 6.07 Å². The SMILES string of the molecule is Cc1cco[n+]1O. The Labute approximate surface area is 40.7 Å². The van der Waals surface area contributed by atoms with Crippen molar-refractivity contribution in [2.45, 2.75) is 6.92 Å². The van der Waals surface area contributed by atoms with Crippen LogP contribution in [0, 0.1) is 6.92 Å². The van der Waals surface area contributed by atoms with Crippen LogP contribution in [0.4, 0.5) is 0 Å². The maximum absolute atomic E-state index is 8.51. The van der Waals surface area contributed by atoms with Crippen molar-refractivity contribution in [1.82, 2.24) is 0 Å². The summed E-state index contributed by atoms with van der Waals surface area (Å²) in [6, 6.07) is 1.67. The molecule has 1 heterocycles. The first-order valence-electron chi connectivity index (χ1n) is 1.96. The molecule has 0 spiro atoms. The molecule has 0 atom stereocenters. The molecule has 1 N–H and O–H groups in total. The van der Waals surface area contributed by atoms with Gasteiger partial charge in [0.1, 0.15) is 0 Å². The Morgan fingerprint density at radius 1 is 1.86 bits per heavy atom. The normalized spacial score (nSPS) is 9.29. The molecule has 0 unspecified atom stereocenters. The molecule has 0 aliphatic heterocycles. The molecule has 0 amide bonds. The standard InChI is InChI=1S/C4H6NO2/c1-4-2-3-7-5(4)6/h2-3,6H,1H3/q+1. The Bertz CT molecular complexity index is 142. The van der Waals surface area contributed by atoms with Crippen molar-refractivity contribution in [3.63, 3.8) is 0 Å². The highest BCUT2D eigenvalue weighted by atomic mass is 16.7. The first-order chi connectivity index (χ1) is 3.30. The van der Waals surface area contributed by atoms with Gasteiger partial charge < -0.3 is 0 Å². The minimum absolute atomic E-state index is 0.694. The van der Waals surface area contributed by atoms with Gasteiger partial charge in [0.15, 0.2) is 6.26 Å². The average molecular weight is 100 g/mol. The summed E-state index contributed by atoms with van der Waals surface area (Å²) in [6.45, 7) is 1.74. The van der Waals surface area contributed by atoms with Crippen LogP contribution >= 0.6 is 0 Å². The van der Waals surface area contributed by atoms with E-state index in [9.17, 15) is 0 Å². The number of aromatic nitrogens is 1. The van der Waals surface area contributed by atoms with Gasteiger partial charge in [0, 0.05) is 6.92 Å². The van der Waals surface area contributed by atoms with E-state index >= 15 is 0 Å². The number of aryl methyl sites for hydroxylation is 1. The van der Waals surface area contributed by atoms with E-state index in [2.05, 4.69) is 4.52 Å². The van der Waals surface area contributed by atoms with Crippen LogP contribution in [0.2, 0.25) is 0 Å². The maximum atomic E-state index is 8.51. The summed E-state index contributed by atoms with van der Waals surface area (Å²) in [5.41, 5.74) is 0.694. The molecule has 1 aromatic rings. The van der Waals surface area contributed by atoms with Crippen molar-refractivity contribution in [1.29, 1.82) is 0 Å². The molecule has 3 nitrogen and oxygen atoms in total. The molecule has 0 saturated heterocycles. The number of hydrogen-bond acceptors (Lipinski definition) is 2. The molecule has 0 saturated carbocycles. The molecule has 0 aromatic carbocycles. The second-order valence-corrected chi connectivity index (χ2v) is 1.32. The third kappa shape index (κ3) is 0.559. The van der Waals surface area contributed by atoms with Crippen LogP contribution in [-0.2, 0) is 0 Å². The molecule has 0 bridgehead atoms. The van der Waals surface area contributed by atoms with Crippen LogP contribution in [0.25, 0.3) is 0 Å². The predicted octanol–water partition coefficient (Wildman–Crippen LogP) is 0.113. The zero-order valence-corrected chi connectivity index (χ0v) is 3.96. The smallest absolute Gasteiger partial charge is 0.244 e. The average Bonchev–Trinajstić information content (AvgIpc) is 1.91. The molecular formula is C4H6NO2+. The predicted molar refractivity (Wildman–Crippen MR) is 20.8 cm³/mol. The van der Waals surface area contributed by atoms with Crippen LogP contribution in [0.5, 0.6) is 0 Å². The lowest BCUT2D eigenvalue weighted by molar-refractivity contribution is -1.04. The Balaban J connectivity index is 3.12. The number of hydrogen-bond donors (Lipinski definition) is 1.